The Bertz CT molecular complexity index is 926. The van der Waals surface area contributed by atoms with Crippen LogP contribution >= 0.6 is 11.6 Å². The number of carbonyl (C=O) groups excluding carboxylic acids is 1. The number of para-hydroxylation sites is 1. The second kappa shape index (κ2) is 9.86. The summed E-state index contributed by atoms with van der Waals surface area (Å²) in [5, 5.41) is 20.8. The molecule has 0 aliphatic heterocycles. The molecule has 2 rings (SSSR count). The number of nitriles is 2. The summed E-state index contributed by atoms with van der Waals surface area (Å²) in [6.07, 6.45) is 1.44. The van der Waals surface area contributed by atoms with Gasteiger partial charge >= 0.3 is 0 Å². The zero-order chi connectivity index (χ0) is 19.6. The topological polar surface area (TPSA) is 95.1 Å². The molecule has 6 nitrogen and oxygen atoms in total. The van der Waals surface area contributed by atoms with Crippen LogP contribution in [0.5, 0.6) is 11.5 Å². The number of amides is 1. The fourth-order valence-corrected chi connectivity index (χ4v) is 2.33. The number of halogens is 1. The first-order chi connectivity index (χ1) is 13.1. The van der Waals surface area contributed by atoms with Gasteiger partial charge < -0.3 is 14.8 Å². The Morgan fingerprint density at radius 1 is 1.15 bits per heavy atom. The van der Waals surface area contributed by atoms with E-state index in [9.17, 15) is 4.79 Å². The summed E-state index contributed by atoms with van der Waals surface area (Å²) in [4.78, 5) is 12.1. The highest BCUT2D eigenvalue weighted by atomic mass is 35.5. The molecule has 0 saturated heterocycles. The monoisotopic (exact) mass is 381 g/mol. The van der Waals surface area contributed by atoms with E-state index in [4.69, 9.17) is 31.6 Å². The molecule has 0 spiro atoms. The summed E-state index contributed by atoms with van der Waals surface area (Å²) in [5.74, 6) is 0.413. The molecule has 0 aliphatic rings. The number of nitrogens with zero attached hydrogens (tertiary/aromatic N) is 2. The number of benzene rings is 2. The van der Waals surface area contributed by atoms with Crippen LogP contribution in [0.3, 0.4) is 0 Å². The van der Waals surface area contributed by atoms with Crippen molar-refractivity contribution in [3.05, 3.63) is 58.6 Å². The van der Waals surface area contributed by atoms with E-state index in [1.54, 1.807) is 54.6 Å². The molecule has 2 aromatic rings. The van der Waals surface area contributed by atoms with E-state index < -0.39 is 0 Å². The summed E-state index contributed by atoms with van der Waals surface area (Å²) in [6, 6.07) is 15.4. The van der Waals surface area contributed by atoms with Gasteiger partial charge in [0.2, 0.25) is 0 Å². The summed E-state index contributed by atoms with van der Waals surface area (Å²) >= 11 is 6.01. The lowest BCUT2D eigenvalue weighted by Gasteiger charge is -2.13. The zero-order valence-corrected chi connectivity index (χ0v) is 15.3. The number of nitrogens with one attached hydrogen (secondary N) is 1. The van der Waals surface area contributed by atoms with E-state index in [0.717, 1.165) is 0 Å². The summed E-state index contributed by atoms with van der Waals surface area (Å²) in [6.45, 7) is 1.97. The predicted octanol–water partition coefficient (Wildman–Crippen LogP) is 4.19. The Kier molecular flexibility index (Phi) is 7.25. The second-order valence-corrected chi connectivity index (χ2v) is 5.64. The number of anilines is 1. The zero-order valence-electron chi connectivity index (χ0n) is 14.5. The van der Waals surface area contributed by atoms with Crippen molar-refractivity contribution in [3.8, 4) is 23.6 Å². The van der Waals surface area contributed by atoms with Crippen LogP contribution < -0.4 is 14.8 Å². The SMILES string of the molecule is CCOc1cc(C=C(C#N)C#N)ccc1OCC(=O)Nc1ccccc1Cl. The van der Waals surface area contributed by atoms with Crippen molar-refractivity contribution in [1.29, 1.82) is 10.5 Å². The molecule has 0 saturated carbocycles. The van der Waals surface area contributed by atoms with Gasteiger partial charge in [-0.15, -0.1) is 0 Å². The normalized spacial score (nSPS) is 9.48. The first kappa shape index (κ1) is 19.8. The molecule has 2 aromatic carbocycles. The average molecular weight is 382 g/mol. The van der Waals surface area contributed by atoms with Crippen LogP contribution in [-0.4, -0.2) is 19.1 Å². The van der Waals surface area contributed by atoms with Crippen molar-refractivity contribution >= 4 is 29.3 Å². The third kappa shape index (κ3) is 5.78. The summed E-state index contributed by atoms with van der Waals surface area (Å²) < 4.78 is 11.1. The number of carbonyl (C=O) groups is 1. The van der Waals surface area contributed by atoms with Crippen LogP contribution in [0, 0.1) is 22.7 Å². The Morgan fingerprint density at radius 3 is 2.56 bits per heavy atom. The third-order valence-electron chi connectivity index (χ3n) is 3.33. The number of allylic oxidation sites excluding steroid dienone is 1. The Hall–Kier alpha value is -3.48. The number of hydrogen-bond donors (Lipinski definition) is 1. The van der Waals surface area contributed by atoms with Gasteiger partial charge in [-0.05, 0) is 42.8 Å². The molecule has 1 amide bonds. The minimum absolute atomic E-state index is 0.0229. The van der Waals surface area contributed by atoms with Gasteiger partial charge in [0.05, 0.1) is 17.3 Å². The lowest BCUT2D eigenvalue weighted by atomic mass is 10.1. The predicted molar refractivity (Wildman–Crippen MR) is 102 cm³/mol. The minimum Gasteiger partial charge on any atom is -0.490 e. The molecule has 0 bridgehead atoms. The van der Waals surface area contributed by atoms with Crippen molar-refractivity contribution in [2.75, 3.05) is 18.5 Å². The van der Waals surface area contributed by atoms with Gasteiger partial charge in [-0.1, -0.05) is 29.8 Å². The number of rotatable bonds is 7. The van der Waals surface area contributed by atoms with E-state index in [1.165, 1.54) is 6.08 Å². The second-order valence-electron chi connectivity index (χ2n) is 5.24. The molecule has 136 valence electrons. The van der Waals surface area contributed by atoms with Crippen LogP contribution in [0.15, 0.2) is 48.0 Å². The first-order valence-corrected chi connectivity index (χ1v) is 8.41. The molecular formula is C20H16ClN3O3. The first-order valence-electron chi connectivity index (χ1n) is 8.03. The van der Waals surface area contributed by atoms with Gasteiger partial charge in [-0.2, -0.15) is 10.5 Å². The highest BCUT2D eigenvalue weighted by molar-refractivity contribution is 6.33. The van der Waals surface area contributed by atoms with Gasteiger partial charge in [0, 0.05) is 0 Å². The molecule has 0 aromatic heterocycles. The molecule has 27 heavy (non-hydrogen) atoms. The molecule has 0 radical (unpaired) electrons. The van der Waals surface area contributed by atoms with E-state index in [1.807, 2.05) is 6.92 Å². The van der Waals surface area contributed by atoms with E-state index in [2.05, 4.69) is 5.32 Å². The molecule has 0 heterocycles. The number of ether oxygens (including phenoxy) is 2. The fourth-order valence-electron chi connectivity index (χ4n) is 2.15. The maximum absolute atomic E-state index is 12.1. The quantitative estimate of drug-likeness (QED) is 0.725. The van der Waals surface area contributed by atoms with Gasteiger partial charge in [0.1, 0.15) is 17.7 Å². The standard InChI is InChI=1S/C20H16ClN3O3/c1-2-26-19-10-14(9-15(11-22)12-23)7-8-18(19)27-13-20(25)24-17-6-4-3-5-16(17)21/h3-10H,2,13H2,1H3,(H,24,25). The molecule has 7 heteroatoms. The average Bonchev–Trinajstić information content (AvgIpc) is 2.67. The molecule has 0 aliphatic carbocycles. The minimum atomic E-state index is -0.370. The lowest BCUT2D eigenvalue weighted by molar-refractivity contribution is -0.118. The Balaban J connectivity index is 2.10. The summed E-state index contributed by atoms with van der Waals surface area (Å²) in [7, 11) is 0. The highest BCUT2D eigenvalue weighted by Crippen LogP contribution is 2.29. The third-order valence-corrected chi connectivity index (χ3v) is 3.66. The maximum atomic E-state index is 12.1. The van der Waals surface area contributed by atoms with E-state index in [-0.39, 0.29) is 18.1 Å². The molecule has 1 N–H and O–H groups in total. The lowest BCUT2D eigenvalue weighted by Crippen LogP contribution is -2.20. The summed E-state index contributed by atoms with van der Waals surface area (Å²) in [5.41, 5.74) is 1.09. The van der Waals surface area contributed by atoms with Crippen molar-refractivity contribution < 1.29 is 14.3 Å². The van der Waals surface area contributed by atoms with Crippen LogP contribution in [0.2, 0.25) is 5.02 Å². The highest BCUT2D eigenvalue weighted by Gasteiger charge is 2.10. The van der Waals surface area contributed by atoms with Gasteiger partial charge in [0.25, 0.3) is 5.91 Å². The Labute approximate surface area is 162 Å². The van der Waals surface area contributed by atoms with Crippen LogP contribution in [-0.2, 0) is 4.79 Å². The molecule has 0 atom stereocenters. The van der Waals surface area contributed by atoms with E-state index >= 15 is 0 Å². The molecular weight excluding hydrogens is 366 g/mol. The van der Waals surface area contributed by atoms with E-state index in [0.29, 0.717) is 34.4 Å². The van der Waals surface area contributed by atoms with Crippen molar-refractivity contribution in [3.63, 3.8) is 0 Å². The molecule has 0 unspecified atom stereocenters. The fraction of sp³-hybridized carbons (Fsp3) is 0.150. The van der Waals surface area contributed by atoms with Crippen LogP contribution in [0.1, 0.15) is 12.5 Å². The largest absolute Gasteiger partial charge is 0.490 e. The van der Waals surface area contributed by atoms with Gasteiger partial charge in [-0.25, -0.2) is 0 Å². The van der Waals surface area contributed by atoms with Crippen LogP contribution in [0.4, 0.5) is 5.69 Å². The van der Waals surface area contributed by atoms with Crippen molar-refractivity contribution in [2.24, 2.45) is 0 Å². The number of hydrogen-bond acceptors (Lipinski definition) is 5. The van der Waals surface area contributed by atoms with Gasteiger partial charge in [-0.3, -0.25) is 4.79 Å². The molecule has 0 fully saturated rings. The van der Waals surface area contributed by atoms with Crippen molar-refractivity contribution in [2.45, 2.75) is 6.92 Å². The maximum Gasteiger partial charge on any atom is 0.262 e. The van der Waals surface area contributed by atoms with Gasteiger partial charge in [0.15, 0.2) is 18.1 Å². The smallest absolute Gasteiger partial charge is 0.262 e. The van der Waals surface area contributed by atoms with Crippen LogP contribution in [0.25, 0.3) is 6.08 Å². The van der Waals surface area contributed by atoms with Crippen molar-refractivity contribution in [1.82, 2.24) is 0 Å². The Morgan fingerprint density at radius 2 is 1.89 bits per heavy atom.